The second-order valence-corrected chi connectivity index (χ2v) is 6.76. The molecule has 0 heterocycles. The molecule has 3 heteroatoms. The van der Waals surface area contributed by atoms with Gasteiger partial charge in [0.05, 0.1) is 13.3 Å². The highest BCUT2D eigenvalue weighted by molar-refractivity contribution is 5.33. The molecule has 2 aromatic carbocycles. The summed E-state index contributed by atoms with van der Waals surface area (Å²) in [5.74, 6) is 0.752. The minimum absolute atomic E-state index is 0.00252. The first-order valence-corrected chi connectivity index (χ1v) is 7.97. The third-order valence-corrected chi connectivity index (χ3v) is 3.88. The number of aliphatic hydroxyl groups is 1. The van der Waals surface area contributed by atoms with Gasteiger partial charge in [-0.15, -0.1) is 0 Å². The highest BCUT2D eigenvalue weighted by Crippen LogP contribution is 2.29. The predicted molar refractivity (Wildman–Crippen MR) is 91.5 cm³/mol. The SMILES string of the molecule is CC(C)(C)c1cccc(OC(CCF)c2ccc(CO)cc2)c1. The quantitative estimate of drug-likeness (QED) is 0.816. The van der Waals surface area contributed by atoms with Crippen molar-refractivity contribution in [3.63, 3.8) is 0 Å². The normalized spacial score (nSPS) is 12.9. The van der Waals surface area contributed by atoms with Crippen molar-refractivity contribution in [1.29, 1.82) is 0 Å². The molecule has 2 aromatic rings. The molecule has 0 aliphatic heterocycles. The zero-order valence-electron chi connectivity index (χ0n) is 14.1. The number of benzene rings is 2. The molecule has 0 bridgehead atoms. The van der Waals surface area contributed by atoms with Crippen LogP contribution in [0.2, 0.25) is 0 Å². The summed E-state index contributed by atoms with van der Waals surface area (Å²) in [4.78, 5) is 0. The van der Waals surface area contributed by atoms with Gasteiger partial charge in [-0.25, -0.2) is 0 Å². The van der Waals surface area contributed by atoms with Crippen LogP contribution in [0, 0.1) is 0 Å². The monoisotopic (exact) mass is 316 g/mol. The van der Waals surface area contributed by atoms with Crippen molar-refractivity contribution in [2.75, 3.05) is 6.67 Å². The Morgan fingerprint density at radius 2 is 1.78 bits per heavy atom. The number of halogens is 1. The van der Waals surface area contributed by atoms with E-state index in [2.05, 4.69) is 26.8 Å². The fraction of sp³-hybridized carbons (Fsp3) is 0.400. The van der Waals surface area contributed by atoms with Gasteiger partial charge >= 0.3 is 0 Å². The third-order valence-electron chi connectivity index (χ3n) is 3.88. The maximum absolute atomic E-state index is 12.9. The number of ether oxygens (including phenoxy) is 1. The lowest BCUT2D eigenvalue weighted by Gasteiger charge is -2.22. The molecule has 0 amide bonds. The van der Waals surface area contributed by atoms with Crippen LogP contribution in [0.4, 0.5) is 4.39 Å². The molecule has 0 radical (unpaired) electrons. The number of rotatable bonds is 6. The lowest BCUT2D eigenvalue weighted by Crippen LogP contribution is -2.12. The first-order chi connectivity index (χ1) is 10.9. The van der Waals surface area contributed by atoms with Crippen LogP contribution in [0.1, 0.15) is 50.0 Å². The molecule has 0 saturated carbocycles. The molecule has 0 aromatic heterocycles. The molecular formula is C20H25FO2. The Morgan fingerprint density at radius 3 is 2.35 bits per heavy atom. The fourth-order valence-corrected chi connectivity index (χ4v) is 2.43. The van der Waals surface area contributed by atoms with E-state index < -0.39 is 6.67 Å². The number of alkyl halides is 1. The summed E-state index contributed by atoms with van der Waals surface area (Å²) in [6, 6.07) is 15.4. The molecule has 2 nitrogen and oxygen atoms in total. The maximum Gasteiger partial charge on any atom is 0.126 e. The van der Waals surface area contributed by atoms with Crippen LogP contribution in [0.15, 0.2) is 48.5 Å². The molecule has 23 heavy (non-hydrogen) atoms. The van der Waals surface area contributed by atoms with Gasteiger partial charge in [0, 0.05) is 6.42 Å². The third kappa shape index (κ3) is 4.80. The Morgan fingerprint density at radius 1 is 1.09 bits per heavy atom. The molecule has 124 valence electrons. The molecule has 0 fully saturated rings. The van der Waals surface area contributed by atoms with E-state index in [-0.39, 0.29) is 18.1 Å². The molecule has 1 N–H and O–H groups in total. The average Bonchev–Trinajstić information content (AvgIpc) is 2.54. The Bertz CT molecular complexity index is 614. The molecule has 1 unspecified atom stereocenters. The predicted octanol–water partition coefficient (Wildman–Crippen LogP) is 4.96. The van der Waals surface area contributed by atoms with Crippen LogP contribution >= 0.6 is 0 Å². The Hall–Kier alpha value is -1.87. The summed E-state index contributed by atoms with van der Waals surface area (Å²) in [6.07, 6.45) is -0.0268. The van der Waals surface area contributed by atoms with E-state index in [1.165, 1.54) is 5.56 Å². The largest absolute Gasteiger partial charge is 0.486 e. The zero-order chi connectivity index (χ0) is 16.9. The topological polar surface area (TPSA) is 29.5 Å². The lowest BCUT2D eigenvalue weighted by molar-refractivity contribution is 0.181. The fourth-order valence-electron chi connectivity index (χ4n) is 2.43. The second-order valence-electron chi connectivity index (χ2n) is 6.76. The summed E-state index contributed by atoms with van der Waals surface area (Å²) in [5, 5.41) is 9.12. The van der Waals surface area contributed by atoms with E-state index in [0.29, 0.717) is 6.42 Å². The van der Waals surface area contributed by atoms with Gasteiger partial charge in [-0.2, -0.15) is 0 Å². The van der Waals surface area contributed by atoms with Gasteiger partial charge in [0.25, 0.3) is 0 Å². The van der Waals surface area contributed by atoms with Crippen molar-refractivity contribution in [3.05, 3.63) is 65.2 Å². The smallest absolute Gasteiger partial charge is 0.126 e. The van der Waals surface area contributed by atoms with E-state index in [1.54, 1.807) is 0 Å². The summed E-state index contributed by atoms with van der Waals surface area (Å²) in [7, 11) is 0. The first-order valence-electron chi connectivity index (χ1n) is 7.97. The molecule has 0 aliphatic rings. The van der Waals surface area contributed by atoms with Gasteiger partial charge in [-0.1, -0.05) is 57.2 Å². The summed E-state index contributed by atoms with van der Waals surface area (Å²) < 4.78 is 19.0. The van der Waals surface area contributed by atoms with Crippen LogP contribution < -0.4 is 4.74 Å². The van der Waals surface area contributed by atoms with E-state index in [0.717, 1.165) is 16.9 Å². The maximum atomic E-state index is 12.9. The van der Waals surface area contributed by atoms with E-state index >= 15 is 0 Å². The minimum atomic E-state index is -0.439. The van der Waals surface area contributed by atoms with Gasteiger partial charge in [-0.05, 0) is 34.2 Å². The van der Waals surface area contributed by atoms with Gasteiger partial charge in [0.2, 0.25) is 0 Å². The van der Waals surface area contributed by atoms with Crippen LogP contribution in [0.5, 0.6) is 5.75 Å². The number of aliphatic hydroxyl groups excluding tert-OH is 1. The lowest BCUT2D eigenvalue weighted by atomic mass is 9.87. The van der Waals surface area contributed by atoms with Crippen molar-refractivity contribution < 1.29 is 14.2 Å². The van der Waals surface area contributed by atoms with Crippen LogP contribution in [-0.4, -0.2) is 11.8 Å². The van der Waals surface area contributed by atoms with Crippen LogP contribution in [0.25, 0.3) is 0 Å². The highest BCUT2D eigenvalue weighted by Gasteiger charge is 2.17. The van der Waals surface area contributed by atoms with Crippen LogP contribution in [-0.2, 0) is 12.0 Å². The Kier molecular flexibility index (Phi) is 5.78. The Balaban J connectivity index is 2.22. The van der Waals surface area contributed by atoms with Crippen LogP contribution in [0.3, 0.4) is 0 Å². The van der Waals surface area contributed by atoms with Crippen molar-refractivity contribution >= 4 is 0 Å². The summed E-state index contributed by atoms with van der Waals surface area (Å²) in [5.41, 5.74) is 2.98. The standard InChI is InChI=1S/C20H25FO2/c1-20(2,3)17-5-4-6-18(13-17)23-19(11-12-21)16-9-7-15(14-22)8-10-16/h4-10,13,19,22H,11-12,14H2,1-3H3. The average molecular weight is 316 g/mol. The molecule has 1 atom stereocenters. The summed E-state index contributed by atoms with van der Waals surface area (Å²) >= 11 is 0. The molecule has 2 rings (SSSR count). The van der Waals surface area contributed by atoms with Gasteiger partial charge < -0.3 is 9.84 Å². The Labute approximate surface area is 137 Å². The molecule has 0 spiro atoms. The van der Waals surface area contributed by atoms with Crippen molar-refractivity contribution in [2.45, 2.75) is 45.3 Å². The summed E-state index contributed by atoms with van der Waals surface area (Å²) in [6.45, 7) is 6.02. The van der Waals surface area contributed by atoms with Crippen molar-refractivity contribution in [2.24, 2.45) is 0 Å². The number of hydrogen-bond acceptors (Lipinski definition) is 2. The van der Waals surface area contributed by atoms with Crippen molar-refractivity contribution in [3.8, 4) is 5.75 Å². The molecule has 0 saturated heterocycles. The van der Waals surface area contributed by atoms with E-state index in [4.69, 9.17) is 9.84 Å². The molecular weight excluding hydrogens is 291 g/mol. The van der Waals surface area contributed by atoms with E-state index in [1.807, 2.05) is 42.5 Å². The van der Waals surface area contributed by atoms with Crippen molar-refractivity contribution in [1.82, 2.24) is 0 Å². The van der Waals surface area contributed by atoms with Gasteiger partial charge in [0.1, 0.15) is 11.9 Å². The molecule has 0 aliphatic carbocycles. The zero-order valence-corrected chi connectivity index (χ0v) is 14.1. The first kappa shape index (κ1) is 17.5. The number of hydrogen-bond donors (Lipinski definition) is 1. The van der Waals surface area contributed by atoms with Gasteiger partial charge in [-0.3, -0.25) is 4.39 Å². The minimum Gasteiger partial charge on any atom is -0.486 e. The van der Waals surface area contributed by atoms with Gasteiger partial charge in [0.15, 0.2) is 0 Å². The second kappa shape index (κ2) is 7.60. The highest BCUT2D eigenvalue weighted by atomic mass is 19.1. The van der Waals surface area contributed by atoms with E-state index in [9.17, 15) is 4.39 Å².